The maximum absolute atomic E-state index is 12.7. The largest absolute Gasteiger partial charge is 0.462 e. The molecule has 0 spiro atoms. The van der Waals surface area contributed by atoms with Gasteiger partial charge < -0.3 is 9.30 Å². The molecular weight excluding hydrogens is 430 g/mol. The number of aromatic nitrogens is 1. The number of allylic oxidation sites excluding steroid dienone is 1. The van der Waals surface area contributed by atoms with Crippen LogP contribution in [0, 0.1) is 10.1 Å². The van der Waals surface area contributed by atoms with Gasteiger partial charge in [0.1, 0.15) is 5.56 Å². The fraction of sp³-hybridized carbons (Fsp3) is 0.150. The number of ether oxygens (including phenoxy) is 1. The minimum atomic E-state index is -0.792. The SMILES string of the molecule is C=CCn1c(=NC(=O)c2cc(Cl)ccc2[N+](=O)[O-])sc2cc(C(=O)OCC)ccc21. The zero-order valence-electron chi connectivity index (χ0n) is 15.8. The van der Waals surface area contributed by atoms with E-state index in [2.05, 4.69) is 11.6 Å². The molecule has 0 aliphatic carbocycles. The van der Waals surface area contributed by atoms with Crippen LogP contribution in [0.25, 0.3) is 10.2 Å². The average Bonchev–Trinajstić information content (AvgIpc) is 3.04. The number of hydrogen-bond acceptors (Lipinski definition) is 6. The first kappa shape index (κ1) is 21.4. The number of thiazole rings is 1. The van der Waals surface area contributed by atoms with E-state index in [-0.39, 0.29) is 22.9 Å². The summed E-state index contributed by atoms with van der Waals surface area (Å²) in [7, 11) is 0. The lowest BCUT2D eigenvalue weighted by Crippen LogP contribution is -2.16. The van der Waals surface area contributed by atoms with Crippen LogP contribution in [0.2, 0.25) is 5.02 Å². The molecule has 1 heterocycles. The third-order valence-electron chi connectivity index (χ3n) is 4.09. The predicted octanol–water partition coefficient (Wildman–Crippen LogP) is 4.37. The van der Waals surface area contributed by atoms with Crippen LogP contribution in [0.5, 0.6) is 0 Å². The highest BCUT2D eigenvalue weighted by molar-refractivity contribution is 7.16. The third kappa shape index (κ3) is 4.32. The topological polar surface area (TPSA) is 104 Å². The summed E-state index contributed by atoms with van der Waals surface area (Å²) in [6.45, 7) is 6.04. The van der Waals surface area contributed by atoms with Crippen LogP contribution >= 0.6 is 22.9 Å². The van der Waals surface area contributed by atoms with Crippen molar-refractivity contribution in [2.75, 3.05) is 6.61 Å². The molecule has 0 fully saturated rings. The number of nitrogens with zero attached hydrogens (tertiary/aromatic N) is 3. The summed E-state index contributed by atoms with van der Waals surface area (Å²) in [5.74, 6) is -1.24. The second-order valence-electron chi connectivity index (χ2n) is 6.02. The quantitative estimate of drug-likeness (QED) is 0.242. The van der Waals surface area contributed by atoms with E-state index in [9.17, 15) is 19.7 Å². The number of amides is 1. The first-order valence-electron chi connectivity index (χ1n) is 8.80. The Hall–Kier alpha value is -3.30. The van der Waals surface area contributed by atoms with E-state index < -0.39 is 16.8 Å². The summed E-state index contributed by atoms with van der Waals surface area (Å²) >= 11 is 7.08. The molecule has 8 nitrogen and oxygen atoms in total. The molecule has 1 amide bonds. The summed E-state index contributed by atoms with van der Waals surface area (Å²) in [4.78, 5) is 39.8. The van der Waals surface area contributed by atoms with Crippen molar-refractivity contribution in [3.63, 3.8) is 0 Å². The summed E-state index contributed by atoms with van der Waals surface area (Å²) in [5.41, 5.74) is 0.524. The van der Waals surface area contributed by atoms with Crippen LogP contribution in [0.15, 0.2) is 54.0 Å². The summed E-state index contributed by atoms with van der Waals surface area (Å²) in [6.07, 6.45) is 1.64. The summed E-state index contributed by atoms with van der Waals surface area (Å²) < 4.78 is 7.46. The number of nitro benzene ring substituents is 1. The molecule has 0 aliphatic rings. The van der Waals surface area contributed by atoms with Gasteiger partial charge in [-0.25, -0.2) is 4.79 Å². The smallest absolute Gasteiger partial charge is 0.338 e. The molecule has 0 bridgehead atoms. The van der Waals surface area contributed by atoms with Gasteiger partial charge >= 0.3 is 5.97 Å². The Kier molecular flexibility index (Phi) is 6.43. The van der Waals surface area contributed by atoms with Crippen LogP contribution in [-0.4, -0.2) is 28.0 Å². The number of benzene rings is 2. The fourth-order valence-corrected chi connectivity index (χ4v) is 4.04. The molecule has 1 aromatic heterocycles. The number of carbonyl (C=O) groups is 2. The highest BCUT2D eigenvalue weighted by atomic mass is 35.5. The lowest BCUT2D eigenvalue weighted by Gasteiger charge is -2.03. The van der Waals surface area contributed by atoms with Crippen molar-refractivity contribution >= 4 is 50.7 Å². The maximum atomic E-state index is 12.7. The van der Waals surface area contributed by atoms with E-state index in [0.717, 1.165) is 5.52 Å². The number of carbonyl (C=O) groups excluding carboxylic acids is 2. The lowest BCUT2D eigenvalue weighted by atomic mass is 10.2. The van der Waals surface area contributed by atoms with E-state index in [1.54, 1.807) is 35.8 Å². The van der Waals surface area contributed by atoms with Gasteiger partial charge in [-0.2, -0.15) is 4.99 Å². The monoisotopic (exact) mass is 445 g/mol. The fourth-order valence-electron chi connectivity index (χ4n) is 2.79. The standard InChI is InChI=1S/C20H16ClN3O5S/c1-3-9-23-16-7-5-12(19(26)29-4-2)10-17(16)30-20(23)22-18(25)14-11-13(21)6-8-15(14)24(27)28/h3,5-8,10-11H,1,4,9H2,2H3. The molecule has 0 N–H and O–H groups in total. The van der Waals surface area contributed by atoms with Crippen molar-refractivity contribution in [3.8, 4) is 0 Å². The minimum absolute atomic E-state index is 0.188. The van der Waals surface area contributed by atoms with Gasteiger partial charge in [-0.3, -0.25) is 14.9 Å². The van der Waals surface area contributed by atoms with Crippen molar-refractivity contribution in [1.29, 1.82) is 0 Å². The van der Waals surface area contributed by atoms with Crippen LogP contribution in [0.4, 0.5) is 5.69 Å². The Morgan fingerprint density at radius 1 is 1.33 bits per heavy atom. The zero-order chi connectivity index (χ0) is 21.8. The minimum Gasteiger partial charge on any atom is -0.462 e. The first-order valence-corrected chi connectivity index (χ1v) is 9.99. The van der Waals surface area contributed by atoms with Gasteiger partial charge in [0.25, 0.3) is 11.6 Å². The third-order valence-corrected chi connectivity index (χ3v) is 5.36. The van der Waals surface area contributed by atoms with E-state index in [1.807, 2.05) is 0 Å². The van der Waals surface area contributed by atoms with Crippen LogP contribution < -0.4 is 4.80 Å². The molecule has 0 saturated heterocycles. The molecule has 0 atom stereocenters. The molecule has 154 valence electrons. The molecule has 3 rings (SSSR count). The zero-order valence-corrected chi connectivity index (χ0v) is 17.4. The van der Waals surface area contributed by atoms with Crippen LogP contribution in [0.3, 0.4) is 0 Å². The van der Waals surface area contributed by atoms with Crippen molar-refractivity contribution in [2.24, 2.45) is 4.99 Å². The molecule has 0 unspecified atom stereocenters. The van der Waals surface area contributed by atoms with E-state index in [4.69, 9.17) is 16.3 Å². The highest BCUT2D eigenvalue weighted by Gasteiger charge is 2.21. The number of fused-ring (bicyclic) bond motifs is 1. The van der Waals surface area contributed by atoms with Crippen molar-refractivity contribution in [3.05, 3.63) is 80.1 Å². The van der Waals surface area contributed by atoms with Crippen molar-refractivity contribution < 1.29 is 19.2 Å². The van der Waals surface area contributed by atoms with Gasteiger partial charge in [-0.1, -0.05) is 29.0 Å². The molecule has 2 aromatic carbocycles. The van der Waals surface area contributed by atoms with Crippen molar-refractivity contribution in [1.82, 2.24) is 4.57 Å². The molecule has 10 heteroatoms. The Morgan fingerprint density at radius 2 is 2.10 bits per heavy atom. The van der Waals surface area contributed by atoms with Gasteiger partial charge in [0.05, 0.1) is 27.3 Å². The van der Waals surface area contributed by atoms with Gasteiger partial charge in [-0.15, -0.1) is 6.58 Å². The maximum Gasteiger partial charge on any atom is 0.338 e. The second-order valence-corrected chi connectivity index (χ2v) is 7.47. The first-order chi connectivity index (χ1) is 14.3. The number of nitro groups is 1. The molecule has 0 aliphatic heterocycles. The normalized spacial score (nSPS) is 11.5. The summed E-state index contributed by atoms with van der Waals surface area (Å²) in [5, 5.41) is 11.5. The van der Waals surface area contributed by atoms with E-state index >= 15 is 0 Å². The average molecular weight is 446 g/mol. The Balaban J connectivity index is 2.16. The Morgan fingerprint density at radius 3 is 2.77 bits per heavy atom. The number of esters is 1. The second kappa shape index (κ2) is 9.02. The Bertz CT molecular complexity index is 1240. The van der Waals surface area contributed by atoms with E-state index in [1.165, 1.54) is 29.5 Å². The van der Waals surface area contributed by atoms with Crippen LogP contribution in [0.1, 0.15) is 27.6 Å². The Labute approximate surface area is 179 Å². The predicted molar refractivity (Wildman–Crippen MR) is 114 cm³/mol. The van der Waals surface area contributed by atoms with Crippen LogP contribution in [-0.2, 0) is 11.3 Å². The molecule has 0 radical (unpaired) electrons. The van der Waals surface area contributed by atoms with Gasteiger partial charge in [-0.05, 0) is 37.3 Å². The van der Waals surface area contributed by atoms with Gasteiger partial charge in [0.2, 0.25) is 0 Å². The van der Waals surface area contributed by atoms with E-state index in [0.29, 0.717) is 21.6 Å². The summed E-state index contributed by atoms with van der Waals surface area (Å²) in [6, 6.07) is 8.73. The van der Waals surface area contributed by atoms with Gasteiger partial charge in [0.15, 0.2) is 4.80 Å². The van der Waals surface area contributed by atoms with Gasteiger partial charge in [0, 0.05) is 17.6 Å². The molecule has 30 heavy (non-hydrogen) atoms. The lowest BCUT2D eigenvalue weighted by molar-refractivity contribution is -0.385. The highest BCUT2D eigenvalue weighted by Crippen LogP contribution is 2.24. The van der Waals surface area contributed by atoms with Crippen molar-refractivity contribution in [2.45, 2.75) is 13.5 Å². The molecule has 3 aromatic rings. The number of hydrogen-bond donors (Lipinski definition) is 0. The number of rotatable bonds is 6. The molecular formula is C20H16ClN3O5S. The molecule has 0 saturated carbocycles. The number of halogens is 1.